The van der Waals surface area contributed by atoms with Crippen LogP contribution in [0.4, 0.5) is 0 Å². The summed E-state index contributed by atoms with van der Waals surface area (Å²) in [4.78, 5) is 0.287. The van der Waals surface area contributed by atoms with Gasteiger partial charge in [-0.1, -0.05) is 12.1 Å². The van der Waals surface area contributed by atoms with Crippen LogP contribution in [-0.2, 0) is 10.0 Å². The van der Waals surface area contributed by atoms with E-state index >= 15 is 0 Å². The molecule has 6 heteroatoms. The van der Waals surface area contributed by atoms with Crippen LogP contribution in [0.5, 0.6) is 0 Å². The predicted octanol–water partition coefficient (Wildman–Crippen LogP) is 1.55. The lowest BCUT2D eigenvalue weighted by Gasteiger charge is -2.29. The minimum absolute atomic E-state index is 0.0808. The van der Waals surface area contributed by atoms with Crippen molar-refractivity contribution in [3.05, 3.63) is 29.8 Å². The number of sulfonamides is 1. The molecule has 0 radical (unpaired) electrons. The number of hydrogen-bond donors (Lipinski definition) is 3. The zero-order valence-electron chi connectivity index (χ0n) is 12.5. The highest BCUT2D eigenvalue weighted by Gasteiger charge is 2.21. The SMILES string of the molecule is CNS(=O)(=O)c1cccc(C(C)NC2CCC(O)CC2)c1. The maximum atomic E-state index is 11.8. The summed E-state index contributed by atoms with van der Waals surface area (Å²) in [5, 5.41) is 13.1. The summed E-state index contributed by atoms with van der Waals surface area (Å²) in [6, 6.07) is 7.47. The molecule has 1 atom stereocenters. The molecule has 118 valence electrons. The van der Waals surface area contributed by atoms with Crippen LogP contribution in [0, 0.1) is 0 Å². The second kappa shape index (κ2) is 6.87. The van der Waals surface area contributed by atoms with E-state index in [4.69, 9.17) is 0 Å². The molecule has 1 aromatic carbocycles. The largest absolute Gasteiger partial charge is 0.393 e. The monoisotopic (exact) mass is 312 g/mol. The van der Waals surface area contributed by atoms with Gasteiger partial charge in [-0.3, -0.25) is 0 Å². The third kappa shape index (κ3) is 4.26. The smallest absolute Gasteiger partial charge is 0.240 e. The fourth-order valence-electron chi connectivity index (χ4n) is 2.76. The molecule has 3 N–H and O–H groups in total. The Morgan fingerprint density at radius 2 is 1.90 bits per heavy atom. The molecule has 0 bridgehead atoms. The van der Waals surface area contributed by atoms with Gasteiger partial charge in [-0.2, -0.15) is 0 Å². The van der Waals surface area contributed by atoms with Crippen molar-refractivity contribution in [2.75, 3.05) is 7.05 Å². The van der Waals surface area contributed by atoms with Crippen molar-refractivity contribution in [2.24, 2.45) is 0 Å². The molecule has 0 heterocycles. The van der Waals surface area contributed by atoms with E-state index in [1.165, 1.54) is 7.05 Å². The van der Waals surface area contributed by atoms with E-state index in [-0.39, 0.29) is 17.0 Å². The van der Waals surface area contributed by atoms with Gasteiger partial charge in [-0.15, -0.1) is 0 Å². The first-order chi connectivity index (χ1) is 9.92. The summed E-state index contributed by atoms with van der Waals surface area (Å²) < 4.78 is 26.0. The molecule has 1 saturated carbocycles. The van der Waals surface area contributed by atoms with Crippen LogP contribution >= 0.6 is 0 Å². The Morgan fingerprint density at radius 3 is 2.52 bits per heavy atom. The fraction of sp³-hybridized carbons (Fsp3) is 0.600. The fourth-order valence-corrected chi connectivity index (χ4v) is 3.55. The number of rotatable bonds is 5. The Hall–Kier alpha value is -0.950. The van der Waals surface area contributed by atoms with Crippen LogP contribution in [0.15, 0.2) is 29.2 Å². The molecule has 21 heavy (non-hydrogen) atoms. The maximum absolute atomic E-state index is 11.8. The molecule has 2 rings (SSSR count). The molecule has 1 aliphatic rings. The Bertz CT molecular complexity index is 566. The lowest BCUT2D eigenvalue weighted by molar-refractivity contribution is 0.114. The zero-order valence-corrected chi connectivity index (χ0v) is 13.4. The van der Waals surface area contributed by atoms with Crippen LogP contribution in [-0.4, -0.2) is 32.7 Å². The van der Waals surface area contributed by atoms with E-state index in [9.17, 15) is 13.5 Å². The molecule has 5 nitrogen and oxygen atoms in total. The van der Waals surface area contributed by atoms with Crippen molar-refractivity contribution in [2.45, 2.75) is 55.7 Å². The molecule has 1 unspecified atom stereocenters. The van der Waals surface area contributed by atoms with Crippen molar-refractivity contribution in [3.8, 4) is 0 Å². The summed E-state index contributed by atoms with van der Waals surface area (Å²) in [5.41, 5.74) is 0.956. The number of nitrogens with one attached hydrogen (secondary N) is 2. The van der Waals surface area contributed by atoms with Gasteiger partial charge < -0.3 is 10.4 Å². The van der Waals surface area contributed by atoms with Crippen molar-refractivity contribution < 1.29 is 13.5 Å². The average molecular weight is 312 g/mol. The van der Waals surface area contributed by atoms with Gasteiger partial charge in [-0.05, 0) is 57.4 Å². The normalized spacial score (nSPS) is 24.7. The van der Waals surface area contributed by atoms with Gasteiger partial charge in [0, 0.05) is 12.1 Å². The zero-order chi connectivity index (χ0) is 15.5. The maximum Gasteiger partial charge on any atom is 0.240 e. The third-order valence-electron chi connectivity index (χ3n) is 4.12. The van der Waals surface area contributed by atoms with E-state index in [0.717, 1.165) is 31.2 Å². The number of hydrogen-bond acceptors (Lipinski definition) is 4. The molecule has 0 aromatic heterocycles. The first-order valence-electron chi connectivity index (χ1n) is 7.40. The van der Waals surface area contributed by atoms with Crippen molar-refractivity contribution in [1.82, 2.24) is 10.0 Å². The minimum atomic E-state index is -3.41. The molecule has 0 amide bonds. The minimum Gasteiger partial charge on any atom is -0.393 e. The van der Waals surface area contributed by atoms with Crippen LogP contribution < -0.4 is 10.0 Å². The molecular weight excluding hydrogens is 288 g/mol. The van der Waals surface area contributed by atoms with Gasteiger partial charge in [0.05, 0.1) is 11.0 Å². The molecule has 0 spiro atoms. The lowest BCUT2D eigenvalue weighted by Crippen LogP contribution is -2.36. The molecule has 0 aliphatic heterocycles. The van der Waals surface area contributed by atoms with Gasteiger partial charge in [-0.25, -0.2) is 13.1 Å². The Labute approximate surface area is 126 Å². The van der Waals surface area contributed by atoms with Gasteiger partial charge in [0.15, 0.2) is 0 Å². The van der Waals surface area contributed by atoms with E-state index in [1.54, 1.807) is 18.2 Å². The Balaban J connectivity index is 2.06. The average Bonchev–Trinajstić information content (AvgIpc) is 2.49. The summed E-state index contributed by atoms with van der Waals surface area (Å²) in [5.74, 6) is 0. The molecule has 1 aliphatic carbocycles. The highest BCUT2D eigenvalue weighted by atomic mass is 32.2. The number of aliphatic hydroxyl groups excluding tert-OH is 1. The topological polar surface area (TPSA) is 78.4 Å². The van der Waals surface area contributed by atoms with Crippen molar-refractivity contribution in [3.63, 3.8) is 0 Å². The quantitative estimate of drug-likeness (QED) is 0.771. The molecular formula is C15H24N2O3S. The van der Waals surface area contributed by atoms with E-state index < -0.39 is 10.0 Å². The van der Waals surface area contributed by atoms with E-state index in [1.807, 2.05) is 13.0 Å². The first kappa shape index (κ1) is 16.4. The van der Waals surface area contributed by atoms with E-state index in [2.05, 4.69) is 10.0 Å². The molecule has 0 saturated heterocycles. The summed E-state index contributed by atoms with van der Waals surface area (Å²) >= 11 is 0. The molecule has 1 aromatic rings. The summed E-state index contributed by atoms with van der Waals surface area (Å²) in [6.45, 7) is 2.04. The van der Waals surface area contributed by atoms with Crippen molar-refractivity contribution >= 4 is 10.0 Å². The standard InChI is InChI=1S/C15H24N2O3S/c1-11(17-13-6-8-14(18)9-7-13)12-4-3-5-15(10-12)21(19,20)16-2/h3-5,10-11,13-14,16-18H,6-9H2,1-2H3. The van der Waals surface area contributed by atoms with E-state index in [0.29, 0.717) is 6.04 Å². The van der Waals surface area contributed by atoms with Gasteiger partial charge in [0.1, 0.15) is 0 Å². The van der Waals surface area contributed by atoms with Gasteiger partial charge >= 0.3 is 0 Å². The third-order valence-corrected chi connectivity index (χ3v) is 5.53. The van der Waals surface area contributed by atoms with Crippen LogP contribution in [0.25, 0.3) is 0 Å². The molecule has 1 fully saturated rings. The Kier molecular flexibility index (Phi) is 5.37. The van der Waals surface area contributed by atoms with Gasteiger partial charge in [0.25, 0.3) is 0 Å². The highest BCUT2D eigenvalue weighted by Crippen LogP contribution is 2.23. The second-order valence-corrected chi connectivity index (χ2v) is 7.56. The summed E-state index contributed by atoms with van der Waals surface area (Å²) in [6.07, 6.45) is 3.42. The van der Waals surface area contributed by atoms with Crippen LogP contribution in [0.3, 0.4) is 0 Å². The first-order valence-corrected chi connectivity index (χ1v) is 8.88. The van der Waals surface area contributed by atoms with Crippen LogP contribution in [0.1, 0.15) is 44.2 Å². The predicted molar refractivity (Wildman–Crippen MR) is 82.5 cm³/mol. The number of benzene rings is 1. The van der Waals surface area contributed by atoms with Gasteiger partial charge in [0.2, 0.25) is 10.0 Å². The number of aliphatic hydroxyl groups is 1. The highest BCUT2D eigenvalue weighted by molar-refractivity contribution is 7.89. The Morgan fingerprint density at radius 1 is 1.24 bits per heavy atom. The summed E-state index contributed by atoms with van der Waals surface area (Å²) in [7, 11) is -1.99. The second-order valence-electron chi connectivity index (χ2n) is 5.67. The van der Waals surface area contributed by atoms with Crippen molar-refractivity contribution in [1.29, 1.82) is 0 Å². The lowest BCUT2D eigenvalue weighted by atomic mass is 9.92. The van der Waals surface area contributed by atoms with Crippen LogP contribution in [0.2, 0.25) is 0 Å².